The Bertz CT molecular complexity index is 1100. The molecule has 7 nitrogen and oxygen atoms in total. The first-order chi connectivity index (χ1) is 14.4. The first-order valence-electron chi connectivity index (χ1n) is 9.13. The van der Waals surface area contributed by atoms with Crippen LogP contribution in [-0.2, 0) is 16.6 Å². The summed E-state index contributed by atoms with van der Waals surface area (Å²) in [6, 6.07) is 17.9. The van der Waals surface area contributed by atoms with Crippen molar-refractivity contribution in [3.8, 4) is 11.3 Å². The number of rotatable bonds is 7. The molecule has 0 aliphatic rings. The highest BCUT2D eigenvalue weighted by Crippen LogP contribution is 2.24. The fourth-order valence-corrected chi connectivity index (χ4v) is 2.68. The lowest BCUT2D eigenvalue weighted by molar-refractivity contribution is -0.112. The van der Waals surface area contributed by atoms with E-state index >= 15 is 0 Å². The van der Waals surface area contributed by atoms with Crippen LogP contribution in [0.2, 0.25) is 0 Å². The van der Waals surface area contributed by atoms with Gasteiger partial charge in [0.25, 0.3) is 11.8 Å². The molecule has 1 heterocycles. The molecule has 3 rings (SSSR count). The molecule has 0 bridgehead atoms. The van der Waals surface area contributed by atoms with Crippen LogP contribution < -0.4 is 10.6 Å². The number of benzene rings is 2. The second-order valence-electron chi connectivity index (χ2n) is 6.50. The molecule has 3 aromatic rings. The van der Waals surface area contributed by atoms with Crippen LogP contribution in [0.3, 0.4) is 0 Å². The third kappa shape index (κ3) is 4.64. The molecular weight excluding hydrogens is 380 g/mol. The summed E-state index contributed by atoms with van der Waals surface area (Å²) in [6.07, 6.45) is 0. The number of carbonyl (C=O) groups is 2. The van der Waals surface area contributed by atoms with Gasteiger partial charge in [-0.25, -0.2) is 0 Å². The van der Waals surface area contributed by atoms with E-state index in [-0.39, 0.29) is 17.2 Å². The summed E-state index contributed by atoms with van der Waals surface area (Å²) in [5.74, 6) is 0.188. The molecule has 0 aliphatic heterocycles. The van der Waals surface area contributed by atoms with Gasteiger partial charge in [-0.15, -0.1) is 0 Å². The molecule has 0 fully saturated rings. The maximum atomic E-state index is 12.4. The van der Waals surface area contributed by atoms with Crippen molar-refractivity contribution in [3.05, 3.63) is 90.7 Å². The van der Waals surface area contributed by atoms with Gasteiger partial charge in [-0.1, -0.05) is 43.5 Å². The second-order valence-corrected chi connectivity index (χ2v) is 6.50. The third-order valence-corrected chi connectivity index (χ3v) is 4.45. The first kappa shape index (κ1) is 20.6. The summed E-state index contributed by atoms with van der Waals surface area (Å²) in [5, 5.41) is 10.0. The van der Waals surface area contributed by atoms with Crippen molar-refractivity contribution < 1.29 is 14.3 Å². The Morgan fingerprint density at radius 1 is 1.00 bits per heavy atom. The summed E-state index contributed by atoms with van der Waals surface area (Å²) < 4.78 is 6.52. The Kier molecular flexibility index (Phi) is 6.12. The van der Waals surface area contributed by atoms with Gasteiger partial charge in [-0.3, -0.25) is 14.3 Å². The predicted molar refractivity (Wildman–Crippen MR) is 117 cm³/mol. The van der Waals surface area contributed by atoms with Crippen LogP contribution in [0.1, 0.15) is 10.4 Å². The maximum Gasteiger partial charge on any atom is 0.258 e. The fraction of sp³-hybridized carbons (Fsp3) is 0.0870. The van der Waals surface area contributed by atoms with E-state index in [0.717, 1.165) is 5.56 Å². The molecule has 2 aromatic carbocycles. The number of nitrogens with zero attached hydrogens (tertiary/aromatic N) is 2. The molecular formula is C23H22N4O3. The molecule has 2 amide bonds. The van der Waals surface area contributed by atoms with Crippen molar-refractivity contribution in [1.82, 2.24) is 9.78 Å². The Balaban J connectivity index is 1.70. The van der Waals surface area contributed by atoms with E-state index in [9.17, 15) is 9.59 Å². The van der Waals surface area contributed by atoms with Crippen molar-refractivity contribution in [2.75, 3.05) is 17.7 Å². The van der Waals surface area contributed by atoms with Gasteiger partial charge >= 0.3 is 0 Å². The quantitative estimate of drug-likeness (QED) is 0.355. The molecule has 0 saturated heterocycles. The van der Waals surface area contributed by atoms with Crippen LogP contribution in [0.5, 0.6) is 0 Å². The monoisotopic (exact) mass is 402 g/mol. The van der Waals surface area contributed by atoms with Crippen LogP contribution in [0.25, 0.3) is 11.3 Å². The fourth-order valence-electron chi connectivity index (χ4n) is 2.68. The van der Waals surface area contributed by atoms with E-state index in [1.165, 1.54) is 7.11 Å². The van der Waals surface area contributed by atoms with E-state index in [1.807, 2.05) is 30.3 Å². The first-order valence-corrected chi connectivity index (χ1v) is 9.13. The van der Waals surface area contributed by atoms with Crippen molar-refractivity contribution in [3.63, 3.8) is 0 Å². The molecule has 152 valence electrons. The number of anilines is 2. The summed E-state index contributed by atoms with van der Waals surface area (Å²) in [7, 11) is 3.19. The van der Waals surface area contributed by atoms with Gasteiger partial charge in [0.2, 0.25) is 0 Å². The average Bonchev–Trinajstić information content (AvgIpc) is 3.13. The highest BCUT2D eigenvalue weighted by molar-refractivity contribution is 6.06. The molecule has 0 aliphatic carbocycles. The van der Waals surface area contributed by atoms with E-state index in [1.54, 1.807) is 42.1 Å². The number of aryl methyl sites for hydroxylation is 1. The number of carbonyl (C=O) groups excluding carboxylic acids is 2. The minimum Gasteiger partial charge on any atom is -0.497 e. The zero-order chi connectivity index (χ0) is 21.7. The van der Waals surface area contributed by atoms with Gasteiger partial charge in [0, 0.05) is 29.9 Å². The molecule has 0 spiro atoms. The molecule has 0 unspecified atom stereocenters. The molecule has 30 heavy (non-hydrogen) atoms. The molecule has 1 aromatic heterocycles. The minimum absolute atomic E-state index is 0.158. The normalized spacial score (nSPS) is 10.2. The molecule has 7 heteroatoms. The van der Waals surface area contributed by atoms with Gasteiger partial charge in [-0.05, 0) is 24.3 Å². The number of aromatic nitrogens is 2. The Morgan fingerprint density at radius 2 is 1.67 bits per heavy atom. The topological polar surface area (TPSA) is 85.3 Å². The summed E-state index contributed by atoms with van der Waals surface area (Å²) in [6.45, 7) is 7.28. The number of methoxy groups -OCH3 is 1. The average molecular weight is 402 g/mol. The van der Waals surface area contributed by atoms with Gasteiger partial charge < -0.3 is 15.4 Å². The maximum absolute atomic E-state index is 12.4. The molecule has 0 radical (unpaired) electrons. The number of hydrogen-bond acceptors (Lipinski definition) is 4. The molecule has 0 atom stereocenters. The molecule has 0 saturated carbocycles. The number of ether oxygens (including phenoxy) is 1. The van der Waals surface area contributed by atoms with E-state index < -0.39 is 5.91 Å². The van der Waals surface area contributed by atoms with Crippen LogP contribution in [0.15, 0.2) is 85.2 Å². The summed E-state index contributed by atoms with van der Waals surface area (Å²) in [4.78, 5) is 24.5. The largest absolute Gasteiger partial charge is 0.497 e. The highest BCUT2D eigenvalue weighted by Gasteiger charge is 2.13. The standard InChI is InChI=1S/C23H22N4O3/c1-15(16(2)30-4)22(28)24-19-12-10-17(11-13-19)20-14-21(27(3)26-20)25-23(29)18-8-6-5-7-9-18/h5-14H,1-2H2,3-4H3,(H,24,28)(H,25,29). The van der Waals surface area contributed by atoms with Gasteiger partial charge in [0.15, 0.2) is 0 Å². The smallest absolute Gasteiger partial charge is 0.258 e. The SMILES string of the molecule is C=C(OC)C(=C)C(=O)Nc1ccc(-c2cc(NC(=O)c3ccccc3)n(C)n2)cc1. The third-order valence-electron chi connectivity index (χ3n) is 4.45. The lowest BCUT2D eigenvalue weighted by Gasteiger charge is -2.09. The van der Waals surface area contributed by atoms with E-state index in [4.69, 9.17) is 4.74 Å². The van der Waals surface area contributed by atoms with Gasteiger partial charge in [-0.2, -0.15) is 5.10 Å². The van der Waals surface area contributed by atoms with Crippen molar-refractivity contribution >= 4 is 23.3 Å². The van der Waals surface area contributed by atoms with Crippen molar-refractivity contribution in [2.45, 2.75) is 0 Å². The van der Waals surface area contributed by atoms with Crippen LogP contribution >= 0.6 is 0 Å². The van der Waals surface area contributed by atoms with Crippen LogP contribution in [0.4, 0.5) is 11.5 Å². The summed E-state index contributed by atoms with van der Waals surface area (Å²) >= 11 is 0. The lowest BCUT2D eigenvalue weighted by atomic mass is 10.1. The Morgan fingerprint density at radius 3 is 2.30 bits per heavy atom. The lowest BCUT2D eigenvalue weighted by Crippen LogP contribution is -2.15. The number of nitrogens with one attached hydrogen (secondary N) is 2. The van der Waals surface area contributed by atoms with Crippen molar-refractivity contribution in [2.24, 2.45) is 7.05 Å². The van der Waals surface area contributed by atoms with Crippen molar-refractivity contribution in [1.29, 1.82) is 0 Å². The van der Waals surface area contributed by atoms with Gasteiger partial charge in [0.1, 0.15) is 11.6 Å². The molecule has 2 N–H and O–H groups in total. The number of amides is 2. The van der Waals surface area contributed by atoms with Gasteiger partial charge in [0.05, 0.1) is 18.4 Å². The summed E-state index contributed by atoms with van der Waals surface area (Å²) in [5.41, 5.74) is 2.85. The Hall–Kier alpha value is -4.13. The van der Waals surface area contributed by atoms with E-state index in [0.29, 0.717) is 22.8 Å². The predicted octanol–water partition coefficient (Wildman–Crippen LogP) is 3.99. The Labute approximate surface area is 174 Å². The number of hydrogen-bond donors (Lipinski definition) is 2. The minimum atomic E-state index is -0.390. The van der Waals surface area contributed by atoms with E-state index in [2.05, 4.69) is 28.9 Å². The second kappa shape index (κ2) is 8.91. The highest BCUT2D eigenvalue weighted by atomic mass is 16.5. The zero-order valence-electron chi connectivity index (χ0n) is 16.8. The zero-order valence-corrected chi connectivity index (χ0v) is 16.8. The van der Waals surface area contributed by atoms with Crippen LogP contribution in [0, 0.1) is 0 Å². The van der Waals surface area contributed by atoms with Crippen LogP contribution in [-0.4, -0.2) is 28.7 Å².